The van der Waals surface area contributed by atoms with Crippen LogP contribution >= 0.6 is 0 Å². The number of nitrogens with one attached hydrogen (secondary N) is 1. The van der Waals surface area contributed by atoms with E-state index >= 15 is 0 Å². The van der Waals surface area contributed by atoms with E-state index in [4.69, 9.17) is 4.74 Å². The molecule has 17 heavy (non-hydrogen) atoms. The summed E-state index contributed by atoms with van der Waals surface area (Å²) in [5, 5.41) is 3.28. The smallest absolute Gasteiger partial charge is 0.200 e. The molecule has 0 radical (unpaired) electrons. The van der Waals surface area contributed by atoms with Crippen LogP contribution in [-0.2, 0) is 6.42 Å². The Bertz CT molecular complexity index is 389. The number of benzene rings is 1. The molecular weight excluding hydrogens is 224 g/mol. The van der Waals surface area contributed by atoms with Crippen LogP contribution in [0.4, 0.5) is 8.78 Å². The number of halogens is 2. The van der Waals surface area contributed by atoms with Gasteiger partial charge in [-0.05, 0) is 56.0 Å². The maximum atomic E-state index is 13.3. The largest absolute Gasteiger partial charge is 0.494 e. The van der Waals surface area contributed by atoms with E-state index in [0.29, 0.717) is 5.92 Å². The highest BCUT2D eigenvalue weighted by Crippen LogP contribution is 2.25. The van der Waals surface area contributed by atoms with E-state index in [2.05, 4.69) is 5.32 Å². The second kappa shape index (κ2) is 5.45. The molecule has 0 atom stereocenters. The van der Waals surface area contributed by atoms with Gasteiger partial charge in [-0.3, -0.25) is 0 Å². The first kappa shape index (κ1) is 12.3. The predicted octanol–water partition coefficient (Wildman–Crippen LogP) is 2.52. The van der Waals surface area contributed by atoms with Gasteiger partial charge in [-0.15, -0.1) is 0 Å². The highest BCUT2D eigenvalue weighted by Gasteiger charge is 2.16. The number of hydrogen-bond acceptors (Lipinski definition) is 2. The Balaban J connectivity index is 2.12. The van der Waals surface area contributed by atoms with Gasteiger partial charge in [-0.25, -0.2) is 4.39 Å². The minimum absolute atomic E-state index is 0.00562. The lowest BCUT2D eigenvalue weighted by molar-refractivity contribution is 0.361. The van der Waals surface area contributed by atoms with Crippen LogP contribution < -0.4 is 10.1 Å². The second-order valence-electron chi connectivity index (χ2n) is 4.49. The molecule has 1 heterocycles. The first-order valence-corrected chi connectivity index (χ1v) is 5.93. The monoisotopic (exact) mass is 241 g/mol. The predicted molar refractivity (Wildman–Crippen MR) is 62.2 cm³/mol. The van der Waals surface area contributed by atoms with Crippen molar-refractivity contribution in [3.63, 3.8) is 0 Å². The van der Waals surface area contributed by atoms with Crippen molar-refractivity contribution in [3.8, 4) is 5.75 Å². The van der Waals surface area contributed by atoms with E-state index in [9.17, 15) is 8.78 Å². The third-order valence-corrected chi connectivity index (χ3v) is 3.26. The van der Waals surface area contributed by atoms with Crippen molar-refractivity contribution in [1.29, 1.82) is 0 Å². The van der Waals surface area contributed by atoms with Crippen molar-refractivity contribution in [2.45, 2.75) is 19.3 Å². The maximum absolute atomic E-state index is 13.3. The van der Waals surface area contributed by atoms with E-state index < -0.39 is 11.6 Å². The van der Waals surface area contributed by atoms with Gasteiger partial charge in [-0.2, -0.15) is 4.39 Å². The standard InChI is InChI=1S/C13H17F2NO/c1-17-12-8-10(7-11(14)13(12)15)6-9-2-4-16-5-3-9/h7-9,16H,2-6H2,1H3. The fourth-order valence-electron chi connectivity index (χ4n) is 2.30. The minimum Gasteiger partial charge on any atom is -0.494 e. The molecule has 4 heteroatoms. The molecule has 1 aliphatic heterocycles. The molecule has 94 valence electrons. The fraction of sp³-hybridized carbons (Fsp3) is 0.538. The zero-order chi connectivity index (χ0) is 12.3. The van der Waals surface area contributed by atoms with Gasteiger partial charge in [0.2, 0.25) is 5.82 Å². The number of rotatable bonds is 3. The third kappa shape index (κ3) is 2.94. The Labute approximate surface area is 100.0 Å². The average Bonchev–Trinajstić information content (AvgIpc) is 2.35. The Hall–Kier alpha value is -1.16. The van der Waals surface area contributed by atoms with E-state index in [0.717, 1.165) is 37.9 Å². The zero-order valence-corrected chi connectivity index (χ0v) is 9.93. The number of hydrogen-bond donors (Lipinski definition) is 1. The summed E-state index contributed by atoms with van der Waals surface area (Å²) in [5.74, 6) is -1.19. The molecule has 1 fully saturated rings. The topological polar surface area (TPSA) is 21.3 Å². The molecule has 0 aromatic heterocycles. The van der Waals surface area contributed by atoms with Crippen molar-refractivity contribution in [2.75, 3.05) is 20.2 Å². The molecular formula is C13H17F2NO. The lowest BCUT2D eigenvalue weighted by atomic mass is 9.91. The van der Waals surface area contributed by atoms with Crippen LogP contribution in [0, 0.1) is 17.6 Å². The van der Waals surface area contributed by atoms with Crippen LogP contribution in [-0.4, -0.2) is 20.2 Å². The maximum Gasteiger partial charge on any atom is 0.200 e. The van der Waals surface area contributed by atoms with Crippen LogP contribution in [0.3, 0.4) is 0 Å². The molecule has 0 spiro atoms. The van der Waals surface area contributed by atoms with Gasteiger partial charge in [-0.1, -0.05) is 0 Å². The summed E-state index contributed by atoms with van der Waals surface area (Å²) in [4.78, 5) is 0. The Morgan fingerprint density at radius 3 is 2.65 bits per heavy atom. The molecule has 0 amide bonds. The van der Waals surface area contributed by atoms with Crippen molar-refractivity contribution in [2.24, 2.45) is 5.92 Å². The summed E-state index contributed by atoms with van der Waals surface area (Å²) in [6, 6.07) is 2.88. The average molecular weight is 241 g/mol. The van der Waals surface area contributed by atoms with Crippen molar-refractivity contribution < 1.29 is 13.5 Å². The highest BCUT2D eigenvalue weighted by atomic mass is 19.2. The molecule has 2 rings (SSSR count). The minimum atomic E-state index is -0.901. The molecule has 1 aromatic carbocycles. The first-order valence-electron chi connectivity index (χ1n) is 5.93. The number of piperidine rings is 1. The number of ether oxygens (including phenoxy) is 1. The zero-order valence-electron chi connectivity index (χ0n) is 9.93. The molecule has 0 saturated carbocycles. The van der Waals surface area contributed by atoms with E-state index in [1.165, 1.54) is 13.2 Å². The van der Waals surface area contributed by atoms with Gasteiger partial charge in [0.25, 0.3) is 0 Å². The van der Waals surface area contributed by atoms with Crippen molar-refractivity contribution >= 4 is 0 Å². The normalized spacial score (nSPS) is 17.1. The number of methoxy groups -OCH3 is 1. The van der Waals surface area contributed by atoms with Gasteiger partial charge in [0.1, 0.15) is 0 Å². The summed E-state index contributed by atoms with van der Waals surface area (Å²) in [6.07, 6.45) is 2.96. The summed E-state index contributed by atoms with van der Waals surface area (Å²) in [6.45, 7) is 2.01. The third-order valence-electron chi connectivity index (χ3n) is 3.26. The van der Waals surface area contributed by atoms with Crippen molar-refractivity contribution in [3.05, 3.63) is 29.3 Å². The van der Waals surface area contributed by atoms with Crippen LogP contribution in [0.1, 0.15) is 18.4 Å². The lowest BCUT2D eigenvalue weighted by Gasteiger charge is -2.22. The molecule has 1 aromatic rings. The Kier molecular flexibility index (Phi) is 3.94. The lowest BCUT2D eigenvalue weighted by Crippen LogP contribution is -2.28. The van der Waals surface area contributed by atoms with E-state index in [1.54, 1.807) is 6.07 Å². The molecule has 2 nitrogen and oxygen atoms in total. The van der Waals surface area contributed by atoms with Crippen LogP contribution in [0.2, 0.25) is 0 Å². The van der Waals surface area contributed by atoms with Crippen LogP contribution in [0.5, 0.6) is 5.75 Å². The van der Waals surface area contributed by atoms with E-state index in [-0.39, 0.29) is 5.75 Å². The van der Waals surface area contributed by atoms with Crippen molar-refractivity contribution in [1.82, 2.24) is 5.32 Å². The van der Waals surface area contributed by atoms with Gasteiger partial charge >= 0.3 is 0 Å². The molecule has 0 aliphatic carbocycles. The second-order valence-corrected chi connectivity index (χ2v) is 4.49. The summed E-state index contributed by atoms with van der Waals surface area (Å²) in [7, 11) is 1.35. The van der Waals surface area contributed by atoms with Gasteiger partial charge in [0.05, 0.1) is 7.11 Å². The molecule has 1 N–H and O–H groups in total. The van der Waals surface area contributed by atoms with Gasteiger partial charge in [0, 0.05) is 0 Å². The SMILES string of the molecule is COc1cc(CC2CCNCC2)cc(F)c1F. The van der Waals surface area contributed by atoms with Gasteiger partial charge in [0.15, 0.2) is 11.6 Å². The molecule has 0 bridgehead atoms. The summed E-state index contributed by atoms with van der Waals surface area (Å²) in [5.41, 5.74) is 0.813. The first-order chi connectivity index (χ1) is 8.20. The van der Waals surface area contributed by atoms with E-state index in [1.807, 2.05) is 0 Å². The van der Waals surface area contributed by atoms with Crippen LogP contribution in [0.25, 0.3) is 0 Å². The Morgan fingerprint density at radius 1 is 1.29 bits per heavy atom. The summed E-state index contributed by atoms with van der Waals surface area (Å²) < 4.78 is 31.4. The van der Waals surface area contributed by atoms with Gasteiger partial charge < -0.3 is 10.1 Å². The molecule has 1 saturated heterocycles. The quantitative estimate of drug-likeness (QED) is 0.878. The Morgan fingerprint density at radius 2 is 2.00 bits per heavy atom. The summed E-state index contributed by atoms with van der Waals surface area (Å²) >= 11 is 0. The highest BCUT2D eigenvalue weighted by molar-refractivity contribution is 5.31. The fourth-order valence-corrected chi connectivity index (χ4v) is 2.30. The molecule has 0 unspecified atom stereocenters. The van der Waals surface area contributed by atoms with Crippen LogP contribution in [0.15, 0.2) is 12.1 Å². The molecule has 1 aliphatic rings.